The zero-order valence-electron chi connectivity index (χ0n) is 9.28. The van der Waals surface area contributed by atoms with E-state index >= 15 is 0 Å². The van der Waals surface area contributed by atoms with Crippen LogP contribution in [0.25, 0.3) is 0 Å². The van der Waals surface area contributed by atoms with Crippen molar-refractivity contribution in [3.05, 3.63) is 47.7 Å². The molecule has 2 heterocycles. The van der Waals surface area contributed by atoms with E-state index in [0.717, 1.165) is 5.56 Å². The van der Waals surface area contributed by atoms with Crippen molar-refractivity contribution in [1.82, 2.24) is 0 Å². The molecule has 2 aliphatic heterocycles. The first-order valence-electron chi connectivity index (χ1n) is 5.66. The van der Waals surface area contributed by atoms with Gasteiger partial charge in [0.05, 0.1) is 13.2 Å². The Morgan fingerprint density at radius 1 is 1.29 bits per heavy atom. The highest BCUT2D eigenvalue weighted by Crippen LogP contribution is 2.28. The van der Waals surface area contributed by atoms with Crippen LogP contribution in [0.1, 0.15) is 5.56 Å². The minimum Gasteiger partial charge on any atom is -0.510 e. The molecule has 4 heteroatoms. The monoisotopic (exact) mass is 234 g/mol. The van der Waals surface area contributed by atoms with Gasteiger partial charge in [-0.15, -0.1) is 0 Å². The quantitative estimate of drug-likeness (QED) is 0.865. The van der Waals surface area contributed by atoms with Crippen molar-refractivity contribution >= 4 is 0 Å². The van der Waals surface area contributed by atoms with Gasteiger partial charge in [0.2, 0.25) is 0 Å². The Hall–Kier alpha value is -1.36. The van der Waals surface area contributed by atoms with Gasteiger partial charge in [0.1, 0.15) is 18.0 Å². The van der Waals surface area contributed by atoms with Crippen LogP contribution >= 0.6 is 0 Å². The maximum Gasteiger partial charge on any atom is 0.188 e. The maximum absolute atomic E-state index is 9.64. The number of hydrogen-bond donors (Lipinski definition) is 1. The Bertz CT molecular complexity index is 415. The summed E-state index contributed by atoms with van der Waals surface area (Å²) < 4.78 is 16.5. The minimum absolute atomic E-state index is 0.205. The smallest absolute Gasteiger partial charge is 0.188 e. The summed E-state index contributed by atoms with van der Waals surface area (Å²) in [7, 11) is 0. The number of aliphatic hydroxyl groups is 1. The molecule has 0 aromatic heterocycles. The summed E-state index contributed by atoms with van der Waals surface area (Å²) in [5, 5.41) is 9.64. The van der Waals surface area contributed by atoms with E-state index in [1.54, 1.807) is 6.08 Å². The summed E-state index contributed by atoms with van der Waals surface area (Å²) in [5.74, 6) is 0.205. The molecule has 1 N–H and O–H groups in total. The third-order valence-corrected chi connectivity index (χ3v) is 2.93. The van der Waals surface area contributed by atoms with Gasteiger partial charge in [0, 0.05) is 0 Å². The zero-order chi connectivity index (χ0) is 11.7. The minimum atomic E-state index is -0.389. The number of aliphatic hydroxyl groups excluding tert-OH is 1. The van der Waals surface area contributed by atoms with Gasteiger partial charge < -0.3 is 19.3 Å². The molecule has 2 aliphatic rings. The van der Waals surface area contributed by atoms with Crippen molar-refractivity contribution in [2.24, 2.45) is 0 Å². The highest BCUT2D eigenvalue weighted by Gasteiger charge is 2.39. The van der Waals surface area contributed by atoms with Crippen LogP contribution in [0.5, 0.6) is 0 Å². The van der Waals surface area contributed by atoms with Crippen LogP contribution in [0.4, 0.5) is 0 Å². The summed E-state index contributed by atoms with van der Waals surface area (Å²) in [6, 6.07) is 9.87. The van der Waals surface area contributed by atoms with Gasteiger partial charge in [0.15, 0.2) is 6.29 Å². The predicted molar refractivity (Wildman–Crippen MR) is 60.3 cm³/mol. The SMILES string of the molecule is OC1=C[C@H](OCc2ccccc2)[C@@H]2OCC1O2. The Balaban J connectivity index is 1.64. The van der Waals surface area contributed by atoms with Crippen LogP contribution in [0.3, 0.4) is 0 Å². The fraction of sp³-hybridized carbons (Fsp3) is 0.385. The Morgan fingerprint density at radius 2 is 2.12 bits per heavy atom. The van der Waals surface area contributed by atoms with E-state index < -0.39 is 0 Å². The number of rotatable bonds is 3. The summed E-state index contributed by atoms with van der Waals surface area (Å²) in [4.78, 5) is 0. The Labute approximate surface area is 99.4 Å². The average molecular weight is 234 g/mol. The number of benzene rings is 1. The molecule has 4 nitrogen and oxygen atoms in total. The molecule has 1 aromatic rings. The van der Waals surface area contributed by atoms with Crippen molar-refractivity contribution in [2.75, 3.05) is 6.61 Å². The topological polar surface area (TPSA) is 47.9 Å². The molecule has 3 atom stereocenters. The van der Waals surface area contributed by atoms with Crippen molar-refractivity contribution < 1.29 is 19.3 Å². The Kier molecular flexibility index (Phi) is 2.84. The van der Waals surface area contributed by atoms with Crippen molar-refractivity contribution in [3.63, 3.8) is 0 Å². The fourth-order valence-electron chi connectivity index (χ4n) is 2.00. The first-order chi connectivity index (χ1) is 8.33. The molecule has 1 saturated heterocycles. The molecule has 0 radical (unpaired) electrons. The van der Waals surface area contributed by atoms with Gasteiger partial charge in [-0.2, -0.15) is 0 Å². The molecule has 0 aliphatic carbocycles. The first kappa shape index (κ1) is 10.8. The molecular formula is C13H14O4. The lowest BCUT2D eigenvalue weighted by Gasteiger charge is -2.24. The van der Waals surface area contributed by atoms with Crippen molar-refractivity contribution in [3.8, 4) is 0 Å². The highest BCUT2D eigenvalue weighted by atomic mass is 16.7. The van der Waals surface area contributed by atoms with Crippen molar-refractivity contribution in [1.29, 1.82) is 0 Å². The van der Waals surface area contributed by atoms with E-state index in [1.807, 2.05) is 30.3 Å². The molecule has 0 saturated carbocycles. The van der Waals surface area contributed by atoms with Crippen LogP contribution < -0.4 is 0 Å². The largest absolute Gasteiger partial charge is 0.510 e. The molecule has 2 bridgehead atoms. The predicted octanol–water partition coefficient (Wildman–Crippen LogP) is 1.77. The van der Waals surface area contributed by atoms with Crippen LogP contribution in [0.15, 0.2) is 42.2 Å². The second-order valence-corrected chi connectivity index (χ2v) is 4.18. The van der Waals surface area contributed by atoms with E-state index in [0.29, 0.717) is 13.2 Å². The lowest BCUT2D eigenvalue weighted by molar-refractivity contribution is -0.146. The molecule has 1 fully saturated rings. The molecule has 0 spiro atoms. The van der Waals surface area contributed by atoms with Crippen LogP contribution in [0.2, 0.25) is 0 Å². The average Bonchev–Trinajstić information content (AvgIpc) is 2.80. The van der Waals surface area contributed by atoms with Crippen LogP contribution in [-0.2, 0) is 20.8 Å². The molecule has 1 aromatic carbocycles. The molecule has 3 rings (SSSR count). The maximum atomic E-state index is 9.64. The van der Waals surface area contributed by atoms with Gasteiger partial charge >= 0.3 is 0 Å². The normalized spacial score (nSPS) is 31.3. The molecular weight excluding hydrogens is 220 g/mol. The fourth-order valence-corrected chi connectivity index (χ4v) is 2.00. The summed E-state index contributed by atoms with van der Waals surface area (Å²) in [6.45, 7) is 0.876. The van der Waals surface area contributed by atoms with E-state index in [4.69, 9.17) is 14.2 Å². The van der Waals surface area contributed by atoms with Gasteiger partial charge in [-0.25, -0.2) is 0 Å². The molecule has 17 heavy (non-hydrogen) atoms. The van der Waals surface area contributed by atoms with Gasteiger partial charge in [-0.1, -0.05) is 30.3 Å². The lowest BCUT2D eigenvalue weighted by atomic mass is 10.2. The summed E-state index contributed by atoms with van der Waals surface area (Å²) in [5.41, 5.74) is 1.08. The van der Waals surface area contributed by atoms with Crippen molar-refractivity contribution in [2.45, 2.75) is 25.1 Å². The van der Waals surface area contributed by atoms with Crippen LogP contribution in [-0.4, -0.2) is 30.2 Å². The second kappa shape index (κ2) is 4.49. The third-order valence-electron chi connectivity index (χ3n) is 2.93. The van der Waals surface area contributed by atoms with Gasteiger partial charge in [0.25, 0.3) is 0 Å². The van der Waals surface area contributed by atoms with Gasteiger partial charge in [-0.3, -0.25) is 0 Å². The van der Waals surface area contributed by atoms with E-state index in [9.17, 15) is 5.11 Å². The van der Waals surface area contributed by atoms with E-state index in [2.05, 4.69) is 0 Å². The standard InChI is InChI=1S/C13H14O4/c14-10-6-11(13-16-8-12(10)17-13)15-7-9-4-2-1-3-5-9/h1-6,11-14H,7-8H2/t11-,12?,13+/m0/s1. The number of fused-ring (bicyclic) bond motifs is 2. The third kappa shape index (κ3) is 2.20. The number of ether oxygens (including phenoxy) is 3. The molecule has 1 unspecified atom stereocenters. The van der Waals surface area contributed by atoms with E-state index in [1.165, 1.54) is 0 Å². The van der Waals surface area contributed by atoms with Gasteiger partial charge in [-0.05, 0) is 11.6 Å². The highest BCUT2D eigenvalue weighted by molar-refractivity contribution is 5.14. The van der Waals surface area contributed by atoms with Crippen LogP contribution in [0, 0.1) is 0 Å². The van der Waals surface area contributed by atoms with E-state index in [-0.39, 0.29) is 24.3 Å². The molecule has 0 amide bonds. The number of hydrogen-bond acceptors (Lipinski definition) is 4. The summed E-state index contributed by atoms with van der Waals surface area (Å²) >= 11 is 0. The Morgan fingerprint density at radius 3 is 2.94 bits per heavy atom. The summed E-state index contributed by atoms with van der Waals surface area (Å²) in [6.07, 6.45) is 0.638. The second-order valence-electron chi connectivity index (χ2n) is 4.18. The molecule has 90 valence electrons. The lowest BCUT2D eigenvalue weighted by Crippen LogP contribution is -2.33. The first-order valence-corrected chi connectivity index (χ1v) is 5.66. The zero-order valence-corrected chi connectivity index (χ0v) is 9.28.